The minimum atomic E-state index is -5.02. The Balaban J connectivity index is 4.53. The summed E-state index contributed by atoms with van der Waals surface area (Å²) in [5.41, 5.74) is 0. The summed E-state index contributed by atoms with van der Waals surface area (Å²) in [5.74, 6) is -1.82. The Labute approximate surface area is 80.3 Å². The van der Waals surface area contributed by atoms with Crippen molar-refractivity contribution in [2.75, 3.05) is 6.61 Å². The van der Waals surface area contributed by atoms with Crippen molar-refractivity contribution in [2.45, 2.75) is 19.3 Å². The molecule has 0 aromatic carbocycles. The zero-order valence-electron chi connectivity index (χ0n) is 6.76. The molecule has 0 bridgehead atoms. The lowest BCUT2D eigenvalue weighted by molar-refractivity contribution is -0.190. The van der Waals surface area contributed by atoms with Gasteiger partial charge in [-0.3, -0.25) is 0 Å². The van der Waals surface area contributed by atoms with Crippen LogP contribution in [0.4, 0.5) is 26.3 Å². The van der Waals surface area contributed by atoms with Gasteiger partial charge in [0, 0.05) is 0 Å². The van der Waals surface area contributed by atoms with Crippen molar-refractivity contribution in [1.29, 1.82) is 0 Å². The van der Waals surface area contributed by atoms with Gasteiger partial charge in [0.05, 0.1) is 5.03 Å². The fourth-order valence-electron chi connectivity index (χ4n) is 0.531. The van der Waals surface area contributed by atoms with Crippen LogP contribution in [-0.2, 0) is 4.74 Å². The van der Waals surface area contributed by atoms with E-state index in [2.05, 4.69) is 4.74 Å². The SMILES string of the molecule is C/C(Cl)=C(/OCC(F)(F)F)C(F)(F)F. The maximum atomic E-state index is 11.9. The molecule has 0 aromatic heterocycles. The van der Waals surface area contributed by atoms with E-state index in [4.69, 9.17) is 11.6 Å². The minimum Gasteiger partial charge on any atom is -0.478 e. The quantitative estimate of drug-likeness (QED) is 0.531. The third-order valence-electron chi connectivity index (χ3n) is 0.951. The highest BCUT2D eigenvalue weighted by molar-refractivity contribution is 6.29. The van der Waals surface area contributed by atoms with Gasteiger partial charge in [0.15, 0.2) is 6.61 Å². The molecule has 1 nitrogen and oxygen atoms in total. The minimum absolute atomic E-state index is 0.792. The lowest BCUT2D eigenvalue weighted by Gasteiger charge is -2.15. The van der Waals surface area contributed by atoms with Crippen molar-refractivity contribution in [3.63, 3.8) is 0 Å². The van der Waals surface area contributed by atoms with E-state index in [-0.39, 0.29) is 0 Å². The van der Waals surface area contributed by atoms with Crippen molar-refractivity contribution < 1.29 is 31.1 Å². The van der Waals surface area contributed by atoms with Crippen molar-refractivity contribution in [3.05, 3.63) is 10.8 Å². The molecule has 0 aliphatic carbocycles. The zero-order valence-corrected chi connectivity index (χ0v) is 7.52. The fraction of sp³-hybridized carbons (Fsp3) is 0.667. The van der Waals surface area contributed by atoms with Crippen LogP contribution in [0.1, 0.15) is 6.92 Å². The van der Waals surface area contributed by atoms with Crippen LogP contribution in [0.5, 0.6) is 0 Å². The smallest absolute Gasteiger partial charge is 0.450 e. The predicted molar refractivity (Wildman–Crippen MR) is 36.6 cm³/mol. The summed E-state index contributed by atoms with van der Waals surface area (Å²) in [6, 6.07) is 0. The summed E-state index contributed by atoms with van der Waals surface area (Å²) in [6.07, 6.45) is -9.85. The Morgan fingerprint density at radius 1 is 1.14 bits per heavy atom. The second-order valence-electron chi connectivity index (χ2n) is 2.26. The van der Waals surface area contributed by atoms with Crippen LogP contribution >= 0.6 is 11.6 Å². The van der Waals surface area contributed by atoms with Crippen molar-refractivity contribution in [2.24, 2.45) is 0 Å². The molecular weight excluding hydrogens is 238 g/mol. The third-order valence-corrected chi connectivity index (χ3v) is 1.12. The first-order chi connectivity index (χ1) is 6.04. The van der Waals surface area contributed by atoms with Crippen LogP contribution in [0, 0.1) is 0 Å². The Morgan fingerprint density at radius 3 is 1.79 bits per heavy atom. The summed E-state index contributed by atoms with van der Waals surface area (Å²) in [7, 11) is 0. The Kier molecular flexibility index (Phi) is 4.11. The van der Waals surface area contributed by atoms with E-state index in [1.165, 1.54) is 0 Å². The molecule has 0 unspecified atom stereocenters. The Hall–Kier alpha value is -0.590. The molecule has 0 saturated heterocycles. The summed E-state index contributed by atoms with van der Waals surface area (Å²) in [5, 5.41) is -0.873. The highest BCUT2D eigenvalue weighted by Gasteiger charge is 2.40. The zero-order chi connectivity index (χ0) is 11.6. The van der Waals surface area contributed by atoms with Gasteiger partial charge in [0.2, 0.25) is 5.76 Å². The van der Waals surface area contributed by atoms with Gasteiger partial charge in [0.1, 0.15) is 0 Å². The average Bonchev–Trinajstić information content (AvgIpc) is 1.79. The lowest BCUT2D eigenvalue weighted by atomic mass is 10.4. The Morgan fingerprint density at radius 2 is 1.57 bits per heavy atom. The molecule has 0 saturated carbocycles. The van der Waals surface area contributed by atoms with E-state index < -0.39 is 29.8 Å². The van der Waals surface area contributed by atoms with Gasteiger partial charge in [-0.15, -0.1) is 0 Å². The summed E-state index contributed by atoms with van der Waals surface area (Å²) >= 11 is 4.92. The number of rotatable bonds is 2. The molecule has 0 amide bonds. The summed E-state index contributed by atoms with van der Waals surface area (Å²) < 4.78 is 73.8. The van der Waals surface area contributed by atoms with E-state index in [0.717, 1.165) is 6.92 Å². The van der Waals surface area contributed by atoms with Crippen LogP contribution in [-0.4, -0.2) is 19.0 Å². The highest BCUT2D eigenvalue weighted by atomic mass is 35.5. The maximum Gasteiger partial charge on any atom is 0.450 e. The van der Waals surface area contributed by atoms with Crippen LogP contribution in [0.25, 0.3) is 0 Å². The van der Waals surface area contributed by atoms with Crippen molar-refractivity contribution >= 4 is 11.6 Å². The molecule has 0 aliphatic rings. The van der Waals surface area contributed by atoms with Gasteiger partial charge in [-0.25, -0.2) is 0 Å². The predicted octanol–water partition coefficient (Wildman–Crippen LogP) is 3.60. The second kappa shape index (κ2) is 4.29. The Bertz CT molecular complexity index is 223. The summed E-state index contributed by atoms with van der Waals surface area (Å²) in [4.78, 5) is 0. The molecule has 0 aliphatic heterocycles. The molecule has 14 heavy (non-hydrogen) atoms. The number of alkyl halides is 6. The fourth-order valence-corrected chi connectivity index (χ4v) is 0.692. The van der Waals surface area contributed by atoms with Crippen LogP contribution in [0.2, 0.25) is 0 Å². The molecule has 8 heteroatoms. The maximum absolute atomic E-state index is 11.9. The molecule has 0 atom stereocenters. The number of ether oxygens (including phenoxy) is 1. The molecule has 0 radical (unpaired) electrons. The van der Waals surface area contributed by atoms with Gasteiger partial charge in [-0.05, 0) is 6.92 Å². The van der Waals surface area contributed by atoms with E-state index in [9.17, 15) is 26.3 Å². The second-order valence-corrected chi connectivity index (χ2v) is 2.83. The lowest BCUT2D eigenvalue weighted by Crippen LogP contribution is -2.23. The van der Waals surface area contributed by atoms with Gasteiger partial charge in [0.25, 0.3) is 0 Å². The normalized spacial score (nSPS) is 15.1. The molecular formula is C6H5ClF6O. The topological polar surface area (TPSA) is 9.23 Å². The van der Waals surface area contributed by atoms with E-state index in [1.807, 2.05) is 0 Å². The number of hydrogen-bond donors (Lipinski definition) is 0. The number of allylic oxidation sites excluding steroid dienone is 2. The first-order valence-electron chi connectivity index (χ1n) is 3.17. The molecule has 0 rings (SSSR count). The number of halogens is 7. The molecule has 0 spiro atoms. The first kappa shape index (κ1) is 13.4. The molecule has 0 aromatic rings. The van der Waals surface area contributed by atoms with Crippen molar-refractivity contribution in [1.82, 2.24) is 0 Å². The van der Waals surface area contributed by atoms with Crippen LogP contribution in [0.15, 0.2) is 10.8 Å². The molecule has 0 N–H and O–H groups in total. The first-order valence-corrected chi connectivity index (χ1v) is 3.55. The average molecular weight is 243 g/mol. The van der Waals surface area contributed by atoms with Crippen LogP contribution < -0.4 is 0 Å². The van der Waals surface area contributed by atoms with E-state index in [0.29, 0.717) is 0 Å². The standard InChI is InChI=1S/C6H5ClF6O/c1-3(7)4(6(11,12)13)14-2-5(8,9)10/h2H2,1H3/b4-3-. The highest BCUT2D eigenvalue weighted by Crippen LogP contribution is 2.31. The molecule has 84 valence electrons. The molecule has 0 heterocycles. The van der Waals surface area contributed by atoms with E-state index >= 15 is 0 Å². The third kappa shape index (κ3) is 5.21. The van der Waals surface area contributed by atoms with Crippen molar-refractivity contribution in [3.8, 4) is 0 Å². The summed E-state index contributed by atoms with van der Waals surface area (Å²) in [6.45, 7) is -1.23. The molecule has 0 fully saturated rings. The van der Waals surface area contributed by atoms with Gasteiger partial charge in [-0.1, -0.05) is 11.6 Å². The van der Waals surface area contributed by atoms with Crippen LogP contribution in [0.3, 0.4) is 0 Å². The van der Waals surface area contributed by atoms with Gasteiger partial charge < -0.3 is 4.74 Å². The monoisotopic (exact) mass is 242 g/mol. The van der Waals surface area contributed by atoms with Gasteiger partial charge in [-0.2, -0.15) is 26.3 Å². The van der Waals surface area contributed by atoms with Gasteiger partial charge >= 0.3 is 12.4 Å². The van der Waals surface area contributed by atoms with E-state index in [1.54, 1.807) is 0 Å². The largest absolute Gasteiger partial charge is 0.478 e. The number of hydrogen-bond acceptors (Lipinski definition) is 1.